The lowest BCUT2D eigenvalue weighted by molar-refractivity contribution is -0.115. The number of carbonyl (C=O) groups is 2. The number of anilines is 2. The first-order chi connectivity index (χ1) is 12.7. The van der Waals surface area contributed by atoms with Crippen molar-refractivity contribution in [2.75, 3.05) is 24.3 Å². The number of hydrogen-bond acceptors (Lipinski definition) is 6. The van der Waals surface area contributed by atoms with Gasteiger partial charge in [0.05, 0.1) is 18.2 Å². The fraction of sp³-hybridized carbons (Fsp3) is 0.158. The fourth-order valence-electron chi connectivity index (χ4n) is 2.47. The van der Waals surface area contributed by atoms with Gasteiger partial charge in [0, 0.05) is 24.0 Å². The van der Waals surface area contributed by atoms with Crippen LogP contribution in [0.2, 0.25) is 0 Å². The number of nitrogens with one attached hydrogen (secondary N) is 2. The first kappa shape index (κ1) is 17.3. The van der Waals surface area contributed by atoms with Crippen LogP contribution in [0.15, 0.2) is 54.9 Å². The summed E-state index contributed by atoms with van der Waals surface area (Å²) < 4.78 is 4.64. The summed E-state index contributed by atoms with van der Waals surface area (Å²) in [5.74, 6) is 0.150. The highest BCUT2D eigenvalue weighted by Crippen LogP contribution is 2.18. The van der Waals surface area contributed by atoms with E-state index in [9.17, 15) is 9.59 Å². The molecule has 2 N–H and O–H groups in total. The highest BCUT2D eigenvalue weighted by atomic mass is 16.5. The number of esters is 1. The summed E-state index contributed by atoms with van der Waals surface area (Å²) in [5, 5.41) is 6.86. The summed E-state index contributed by atoms with van der Waals surface area (Å²) >= 11 is 0. The minimum atomic E-state index is -0.413. The molecule has 26 heavy (non-hydrogen) atoms. The molecule has 0 fully saturated rings. The van der Waals surface area contributed by atoms with E-state index in [1.54, 1.807) is 24.3 Å². The van der Waals surface area contributed by atoms with Gasteiger partial charge in [0.15, 0.2) is 0 Å². The first-order valence-corrected chi connectivity index (χ1v) is 8.09. The molecule has 2 aromatic carbocycles. The van der Waals surface area contributed by atoms with Crippen LogP contribution in [-0.4, -0.2) is 35.5 Å². The van der Waals surface area contributed by atoms with Crippen molar-refractivity contribution >= 4 is 34.3 Å². The summed E-state index contributed by atoms with van der Waals surface area (Å²) in [6.45, 7) is 0.438. The Morgan fingerprint density at radius 1 is 1.04 bits per heavy atom. The number of fused-ring (bicyclic) bond motifs is 1. The van der Waals surface area contributed by atoms with Crippen molar-refractivity contribution in [3.8, 4) is 0 Å². The van der Waals surface area contributed by atoms with E-state index in [0.29, 0.717) is 23.6 Å². The minimum Gasteiger partial charge on any atom is -0.465 e. The van der Waals surface area contributed by atoms with E-state index < -0.39 is 5.97 Å². The second kappa shape index (κ2) is 8.06. The normalized spacial score (nSPS) is 10.3. The predicted molar refractivity (Wildman–Crippen MR) is 99.1 cm³/mol. The number of aromatic nitrogens is 2. The zero-order valence-corrected chi connectivity index (χ0v) is 14.2. The van der Waals surface area contributed by atoms with E-state index >= 15 is 0 Å². The Labute approximate surface area is 150 Å². The van der Waals surface area contributed by atoms with Crippen molar-refractivity contribution in [1.29, 1.82) is 0 Å². The van der Waals surface area contributed by atoms with Crippen molar-refractivity contribution in [3.05, 3.63) is 60.4 Å². The highest BCUT2D eigenvalue weighted by molar-refractivity contribution is 5.93. The summed E-state index contributed by atoms with van der Waals surface area (Å²) in [7, 11) is 1.33. The lowest BCUT2D eigenvalue weighted by atomic mass is 10.2. The van der Waals surface area contributed by atoms with E-state index in [0.717, 1.165) is 10.9 Å². The summed E-state index contributed by atoms with van der Waals surface area (Å²) in [5.41, 5.74) is 1.90. The van der Waals surface area contributed by atoms with Crippen LogP contribution in [0.5, 0.6) is 0 Å². The molecule has 1 amide bonds. The van der Waals surface area contributed by atoms with E-state index in [1.165, 1.54) is 13.4 Å². The average Bonchev–Trinajstić information content (AvgIpc) is 2.68. The molecule has 0 atom stereocenters. The van der Waals surface area contributed by atoms with Crippen LogP contribution in [0.1, 0.15) is 16.8 Å². The van der Waals surface area contributed by atoms with Gasteiger partial charge in [-0.1, -0.05) is 12.1 Å². The zero-order chi connectivity index (χ0) is 18.4. The Hall–Kier alpha value is -3.48. The standard InChI is InChI=1S/C19H18N4O3/c1-26-19(25)13-6-8-14(9-7-13)23-17(24)10-11-20-18-15-4-2-3-5-16(15)21-12-22-18/h2-9,12H,10-11H2,1H3,(H,23,24)(H,20,21,22). The summed E-state index contributed by atoms with van der Waals surface area (Å²) in [4.78, 5) is 31.9. The Morgan fingerprint density at radius 2 is 1.81 bits per heavy atom. The second-order valence-corrected chi connectivity index (χ2v) is 5.53. The SMILES string of the molecule is COC(=O)c1ccc(NC(=O)CCNc2ncnc3ccccc23)cc1. The maximum atomic E-state index is 12.1. The number of rotatable bonds is 6. The molecule has 7 heteroatoms. The summed E-state index contributed by atoms with van der Waals surface area (Å²) in [6.07, 6.45) is 1.77. The van der Waals surface area contributed by atoms with Crippen LogP contribution >= 0.6 is 0 Å². The van der Waals surface area contributed by atoms with Crippen LogP contribution in [-0.2, 0) is 9.53 Å². The maximum absolute atomic E-state index is 12.1. The van der Waals surface area contributed by atoms with Gasteiger partial charge >= 0.3 is 5.97 Å². The molecule has 0 aliphatic heterocycles. The third-order valence-corrected chi connectivity index (χ3v) is 3.78. The molecule has 3 rings (SSSR count). The molecule has 0 saturated heterocycles. The largest absolute Gasteiger partial charge is 0.465 e. The molecule has 1 heterocycles. The van der Waals surface area contributed by atoms with Gasteiger partial charge in [-0.2, -0.15) is 0 Å². The van der Waals surface area contributed by atoms with E-state index in [2.05, 4.69) is 25.3 Å². The molecule has 7 nitrogen and oxygen atoms in total. The number of hydrogen-bond donors (Lipinski definition) is 2. The molecule has 132 valence electrons. The van der Waals surface area contributed by atoms with Crippen molar-refractivity contribution in [2.45, 2.75) is 6.42 Å². The molecular weight excluding hydrogens is 332 g/mol. The number of benzene rings is 2. The molecule has 1 aromatic heterocycles. The molecule has 0 aliphatic carbocycles. The van der Waals surface area contributed by atoms with Crippen molar-refractivity contribution < 1.29 is 14.3 Å². The first-order valence-electron chi connectivity index (χ1n) is 8.09. The van der Waals surface area contributed by atoms with Gasteiger partial charge in [0.25, 0.3) is 0 Å². The number of amides is 1. The van der Waals surface area contributed by atoms with Gasteiger partial charge in [-0.05, 0) is 36.4 Å². The molecule has 0 bridgehead atoms. The molecular formula is C19H18N4O3. The number of carbonyl (C=O) groups excluding carboxylic acids is 2. The third kappa shape index (κ3) is 4.13. The maximum Gasteiger partial charge on any atom is 0.337 e. The monoisotopic (exact) mass is 350 g/mol. The number of para-hydroxylation sites is 1. The van der Waals surface area contributed by atoms with E-state index in [1.807, 2.05) is 24.3 Å². The molecule has 0 radical (unpaired) electrons. The Balaban J connectivity index is 1.53. The molecule has 0 spiro atoms. The zero-order valence-electron chi connectivity index (χ0n) is 14.2. The third-order valence-electron chi connectivity index (χ3n) is 3.78. The van der Waals surface area contributed by atoms with Gasteiger partial charge in [-0.25, -0.2) is 14.8 Å². The predicted octanol–water partition coefficient (Wildman–Crippen LogP) is 2.86. The average molecular weight is 350 g/mol. The Bertz CT molecular complexity index is 920. The van der Waals surface area contributed by atoms with Crippen molar-refractivity contribution in [2.24, 2.45) is 0 Å². The fourth-order valence-corrected chi connectivity index (χ4v) is 2.47. The van der Waals surface area contributed by atoms with Crippen LogP contribution in [0.25, 0.3) is 10.9 Å². The van der Waals surface area contributed by atoms with E-state index in [4.69, 9.17) is 0 Å². The quantitative estimate of drug-likeness (QED) is 0.664. The van der Waals surface area contributed by atoms with Crippen LogP contribution in [0.3, 0.4) is 0 Å². The highest BCUT2D eigenvalue weighted by Gasteiger charge is 2.07. The second-order valence-electron chi connectivity index (χ2n) is 5.53. The van der Waals surface area contributed by atoms with E-state index in [-0.39, 0.29) is 12.3 Å². The van der Waals surface area contributed by atoms with Crippen LogP contribution in [0, 0.1) is 0 Å². The minimum absolute atomic E-state index is 0.137. The van der Waals surface area contributed by atoms with Gasteiger partial charge < -0.3 is 15.4 Å². The molecule has 0 unspecified atom stereocenters. The lowest BCUT2D eigenvalue weighted by Gasteiger charge is -2.09. The van der Waals surface area contributed by atoms with Crippen LogP contribution < -0.4 is 10.6 Å². The molecule has 0 saturated carbocycles. The van der Waals surface area contributed by atoms with Gasteiger partial charge in [-0.3, -0.25) is 4.79 Å². The number of nitrogens with zero attached hydrogens (tertiary/aromatic N) is 2. The molecule has 3 aromatic rings. The Morgan fingerprint density at radius 3 is 2.58 bits per heavy atom. The number of ether oxygens (including phenoxy) is 1. The van der Waals surface area contributed by atoms with Crippen LogP contribution in [0.4, 0.5) is 11.5 Å². The van der Waals surface area contributed by atoms with Crippen molar-refractivity contribution in [1.82, 2.24) is 9.97 Å². The number of methoxy groups -OCH3 is 1. The van der Waals surface area contributed by atoms with Gasteiger partial charge in [0.2, 0.25) is 5.91 Å². The Kier molecular flexibility index (Phi) is 5.38. The van der Waals surface area contributed by atoms with Gasteiger partial charge in [-0.15, -0.1) is 0 Å². The molecule has 0 aliphatic rings. The topological polar surface area (TPSA) is 93.2 Å². The van der Waals surface area contributed by atoms with Gasteiger partial charge in [0.1, 0.15) is 12.1 Å². The summed E-state index contributed by atoms with van der Waals surface area (Å²) in [6, 6.07) is 14.2. The van der Waals surface area contributed by atoms with Crippen molar-refractivity contribution in [3.63, 3.8) is 0 Å². The smallest absolute Gasteiger partial charge is 0.337 e. The lowest BCUT2D eigenvalue weighted by Crippen LogP contribution is -2.16.